The van der Waals surface area contributed by atoms with Gasteiger partial charge in [-0.1, -0.05) is 0 Å². The Balaban J connectivity index is 2.17. The van der Waals surface area contributed by atoms with Crippen LogP contribution in [0.5, 0.6) is 0 Å². The third kappa shape index (κ3) is 3.03. The van der Waals surface area contributed by atoms with Gasteiger partial charge >= 0.3 is 0 Å². The topological polar surface area (TPSA) is 81.1 Å². The van der Waals surface area contributed by atoms with Crippen LogP contribution in [-0.4, -0.2) is 5.91 Å². The molecule has 104 valence electrons. The Kier molecular flexibility index (Phi) is 3.84. The maximum absolute atomic E-state index is 13.4. The summed E-state index contributed by atoms with van der Waals surface area (Å²) < 4.78 is 26.5. The normalized spacial score (nSPS) is 10.3. The molecule has 5 N–H and O–H groups in total. The molecule has 0 saturated carbocycles. The zero-order valence-electron chi connectivity index (χ0n) is 10.5. The van der Waals surface area contributed by atoms with E-state index in [-0.39, 0.29) is 23.4 Å². The van der Waals surface area contributed by atoms with Crippen LogP contribution in [0.4, 0.5) is 20.2 Å². The molecule has 0 fully saturated rings. The van der Waals surface area contributed by atoms with Crippen LogP contribution in [0.15, 0.2) is 36.4 Å². The molecule has 4 nitrogen and oxygen atoms in total. The average Bonchev–Trinajstić information content (AvgIpc) is 2.41. The second kappa shape index (κ2) is 5.56. The van der Waals surface area contributed by atoms with Gasteiger partial charge in [-0.2, -0.15) is 0 Å². The van der Waals surface area contributed by atoms with Crippen molar-refractivity contribution in [3.63, 3.8) is 0 Å². The second-order valence-corrected chi connectivity index (χ2v) is 4.26. The minimum atomic E-state index is -0.650. The number of hydrogen-bond acceptors (Lipinski definition) is 3. The number of amides is 1. The second-order valence-electron chi connectivity index (χ2n) is 4.26. The van der Waals surface area contributed by atoms with Crippen molar-refractivity contribution in [1.82, 2.24) is 0 Å². The summed E-state index contributed by atoms with van der Waals surface area (Å²) in [5.74, 6) is -1.68. The average molecular weight is 277 g/mol. The summed E-state index contributed by atoms with van der Waals surface area (Å²) in [4.78, 5) is 11.2. The largest absolute Gasteiger partial charge is 0.398 e. The van der Waals surface area contributed by atoms with E-state index in [0.29, 0.717) is 5.69 Å². The Morgan fingerprint density at radius 2 is 1.90 bits per heavy atom. The van der Waals surface area contributed by atoms with Crippen LogP contribution >= 0.6 is 0 Å². The molecular formula is C14H13F2N3O. The highest BCUT2D eigenvalue weighted by molar-refractivity contribution is 5.98. The van der Waals surface area contributed by atoms with Crippen LogP contribution in [0.3, 0.4) is 0 Å². The number of nitrogens with two attached hydrogens (primary N) is 2. The van der Waals surface area contributed by atoms with E-state index >= 15 is 0 Å². The highest BCUT2D eigenvalue weighted by Crippen LogP contribution is 2.19. The van der Waals surface area contributed by atoms with Gasteiger partial charge in [0.1, 0.15) is 11.6 Å². The highest BCUT2D eigenvalue weighted by Gasteiger charge is 2.08. The molecule has 0 bridgehead atoms. The van der Waals surface area contributed by atoms with Gasteiger partial charge < -0.3 is 16.8 Å². The van der Waals surface area contributed by atoms with E-state index in [2.05, 4.69) is 5.32 Å². The first-order chi connectivity index (χ1) is 9.47. The molecule has 0 radical (unpaired) electrons. The van der Waals surface area contributed by atoms with E-state index in [0.717, 1.165) is 18.2 Å². The van der Waals surface area contributed by atoms with Crippen LogP contribution in [0.25, 0.3) is 0 Å². The van der Waals surface area contributed by atoms with Crippen molar-refractivity contribution in [3.8, 4) is 0 Å². The molecule has 6 heteroatoms. The molecule has 1 amide bonds. The summed E-state index contributed by atoms with van der Waals surface area (Å²) >= 11 is 0. The van der Waals surface area contributed by atoms with Crippen molar-refractivity contribution in [2.45, 2.75) is 6.54 Å². The van der Waals surface area contributed by atoms with Crippen LogP contribution < -0.4 is 16.8 Å². The smallest absolute Gasteiger partial charge is 0.250 e. The molecule has 20 heavy (non-hydrogen) atoms. The first kappa shape index (κ1) is 13.8. The zero-order valence-corrected chi connectivity index (χ0v) is 10.5. The van der Waals surface area contributed by atoms with Gasteiger partial charge in [-0.05, 0) is 36.4 Å². The Morgan fingerprint density at radius 3 is 2.60 bits per heavy atom. The van der Waals surface area contributed by atoms with Gasteiger partial charge in [0.15, 0.2) is 0 Å². The van der Waals surface area contributed by atoms with Gasteiger partial charge in [0.2, 0.25) is 0 Å². The number of carbonyl (C=O) groups is 1. The van der Waals surface area contributed by atoms with E-state index in [9.17, 15) is 13.6 Å². The van der Waals surface area contributed by atoms with Gasteiger partial charge in [-0.15, -0.1) is 0 Å². The van der Waals surface area contributed by atoms with E-state index < -0.39 is 17.5 Å². The predicted octanol–water partition coefficient (Wildman–Crippen LogP) is 2.26. The van der Waals surface area contributed by atoms with Crippen LogP contribution in [0, 0.1) is 11.6 Å². The molecule has 2 aromatic carbocycles. The molecule has 0 atom stereocenters. The molecule has 0 saturated heterocycles. The lowest BCUT2D eigenvalue weighted by atomic mass is 10.1. The minimum Gasteiger partial charge on any atom is -0.398 e. The van der Waals surface area contributed by atoms with E-state index in [1.165, 1.54) is 12.1 Å². The first-order valence-corrected chi connectivity index (χ1v) is 5.84. The monoisotopic (exact) mass is 277 g/mol. The maximum atomic E-state index is 13.4. The summed E-state index contributed by atoms with van der Waals surface area (Å²) in [7, 11) is 0. The maximum Gasteiger partial charge on any atom is 0.250 e. The van der Waals surface area contributed by atoms with Crippen LogP contribution in [0.1, 0.15) is 15.9 Å². The Bertz CT molecular complexity index is 659. The SMILES string of the molecule is NC(=O)c1cc(NCc2cc(F)ccc2F)ccc1N. The number of halogens is 2. The number of nitrogens with one attached hydrogen (secondary N) is 1. The Morgan fingerprint density at radius 1 is 1.15 bits per heavy atom. The van der Waals surface area contributed by atoms with Crippen molar-refractivity contribution < 1.29 is 13.6 Å². The standard InChI is InChI=1S/C14H13F2N3O/c15-9-1-3-12(16)8(5-9)7-19-10-2-4-13(17)11(6-10)14(18)20/h1-6,19H,7,17H2,(H2,18,20). The summed E-state index contributed by atoms with van der Waals surface area (Å²) in [6.45, 7) is 0.0751. The minimum absolute atomic E-state index is 0.0751. The highest BCUT2D eigenvalue weighted by atomic mass is 19.1. The summed E-state index contributed by atoms with van der Waals surface area (Å²) in [6, 6.07) is 7.82. The number of primary amides is 1. The number of benzene rings is 2. The van der Waals surface area contributed by atoms with Gasteiger partial charge in [0.25, 0.3) is 5.91 Å². The molecule has 0 unspecified atom stereocenters. The zero-order chi connectivity index (χ0) is 14.7. The fraction of sp³-hybridized carbons (Fsp3) is 0.0714. The van der Waals surface area contributed by atoms with Crippen LogP contribution in [-0.2, 0) is 6.54 Å². The molecule has 0 aliphatic heterocycles. The van der Waals surface area contributed by atoms with E-state index in [1.807, 2.05) is 0 Å². The Hall–Kier alpha value is -2.63. The number of nitrogen functional groups attached to an aromatic ring is 1. The molecule has 0 aliphatic carbocycles. The van der Waals surface area contributed by atoms with E-state index in [1.54, 1.807) is 6.07 Å². The lowest BCUT2D eigenvalue weighted by Crippen LogP contribution is -2.14. The molecule has 2 rings (SSSR count). The van der Waals surface area contributed by atoms with Crippen molar-refractivity contribution in [2.24, 2.45) is 5.73 Å². The lowest BCUT2D eigenvalue weighted by Gasteiger charge is -2.10. The van der Waals surface area contributed by atoms with Gasteiger partial charge in [-0.25, -0.2) is 8.78 Å². The fourth-order valence-corrected chi connectivity index (χ4v) is 1.76. The van der Waals surface area contributed by atoms with Crippen molar-refractivity contribution in [1.29, 1.82) is 0 Å². The van der Waals surface area contributed by atoms with Gasteiger partial charge in [0, 0.05) is 23.5 Å². The first-order valence-electron chi connectivity index (χ1n) is 5.84. The molecular weight excluding hydrogens is 264 g/mol. The van der Waals surface area contributed by atoms with Gasteiger partial charge in [-0.3, -0.25) is 4.79 Å². The third-order valence-electron chi connectivity index (χ3n) is 2.81. The predicted molar refractivity (Wildman–Crippen MR) is 73.1 cm³/mol. The van der Waals surface area contributed by atoms with Crippen molar-refractivity contribution in [3.05, 3.63) is 59.2 Å². The van der Waals surface area contributed by atoms with Crippen molar-refractivity contribution >= 4 is 17.3 Å². The molecule has 0 heterocycles. The van der Waals surface area contributed by atoms with Gasteiger partial charge in [0.05, 0.1) is 5.56 Å². The summed E-state index contributed by atoms with van der Waals surface area (Å²) in [5.41, 5.74) is 11.9. The molecule has 0 aliphatic rings. The number of anilines is 2. The lowest BCUT2D eigenvalue weighted by molar-refractivity contribution is 0.100. The van der Waals surface area contributed by atoms with Crippen molar-refractivity contribution in [2.75, 3.05) is 11.1 Å². The quantitative estimate of drug-likeness (QED) is 0.750. The molecule has 0 aromatic heterocycles. The number of rotatable bonds is 4. The van der Waals surface area contributed by atoms with E-state index in [4.69, 9.17) is 11.5 Å². The van der Waals surface area contributed by atoms with Crippen LogP contribution in [0.2, 0.25) is 0 Å². The fourth-order valence-electron chi connectivity index (χ4n) is 1.76. The molecule has 2 aromatic rings. The number of carbonyl (C=O) groups excluding carboxylic acids is 1. The summed E-state index contributed by atoms with van der Waals surface area (Å²) in [6.07, 6.45) is 0. The summed E-state index contributed by atoms with van der Waals surface area (Å²) in [5, 5.41) is 2.88. The Labute approximate surface area is 114 Å². The third-order valence-corrected chi connectivity index (χ3v) is 2.81. The molecule has 0 spiro atoms. The number of hydrogen-bond donors (Lipinski definition) is 3.